The summed E-state index contributed by atoms with van der Waals surface area (Å²) in [5, 5.41) is 7.89. The van der Waals surface area contributed by atoms with Gasteiger partial charge in [0.1, 0.15) is 29.0 Å². The second-order valence-electron chi connectivity index (χ2n) is 9.45. The maximum absolute atomic E-state index is 13.9. The number of hydrogen-bond donors (Lipinski definition) is 0. The van der Waals surface area contributed by atoms with Crippen LogP contribution in [0.5, 0.6) is 11.5 Å². The maximum atomic E-state index is 13.9. The van der Waals surface area contributed by atoms with E-state index in [-0.39, 0.29) is 36.9 Å². The van der Waals surface area contributed by atoms with Crippen molar-refractivity contribution in [1.82, 2.24) is 24.7 Å². The van der Waals surface area contributed by atoms with E-state index in [2.05, 4.69) is 20.2 Å². The molecule has 2 aliphatic rings. The summed E-state index contributed by atoms with van der Waals surface area (Å²) in [6.45, 7) is 1.08. The Balaban J connectivity index is 1.52. The van der Waals surface area contributed by atoms with Gasteiger partial charge in [-0.1, -0.05) is 6.07 Å². The maximum Gasteiger partial charge on any atom is 0.225 e. The van der Waals surface area contributed by atoms with Gasteiger partial charge in [0.2, 0.25) is 5.95 Å². The fraction of sp³-hybridized carbons (Fsp3) is 0.520. The fourth-order valence-electron chi connectivity index (χ4n) is 5.08. The van der Waals surface area contributed by atoms with Crippen LogP contribution in [0, 0.1) is 5.82 Å². The molecule has 2 fully saturated rings. The molecule has 3 atom stereocenters. The van der Waals surface area contributed by atoms with Crippen LogP contribution in [0.4, 0.5) is 10.3 Å². The van der Waals surface area contributed by atoms with Gasteiger partial charge in [-0.25, -0.2) is 22.8 Å². The van der Waals surface area contributed by atoms with Gasteiger partial charge in [0, 0.05) is 26.8 Å². The molecule has 14 heteroatoms. The second-order valence-corrected chi connectivity index (χ2v) is 11.7. The Morgan fingerprint density at radius 1 is 1.08 bits per heavy atom. The Bertz CT molecular complexity index is 1370. The van der Waals surface area contributed by atoms with Crippen molar-refractivity contribution >= 4 is 15.8 Å². The van der Waals surface area contributed by atoms with Crippen molar-refractivity contribution in [2.75, 3.05) is 45.9 Å². The molecule has 4 heterocycles. The van der Waals surface area contributed by atoms with Gasteiger partial charge in [-0.05, 0) is 31.4 Å². The number of para-hydroxylation sites is 1. The average Bonchev–Trinajstić information content (AvgIpc) is 3.62. The lowest BCUT2D eigenvalue weighted by molar-refractivity contribution is 0.0897. The molecular weight excluding hydrogens is 531 g/mol. The zero-order valence-corrected chi connectivity index (χ0v) is 22.8. The van der Waals surface area contributed by atoms with Crippen molar-refractivity contribution in [3.05, 3.63) is 48.1 Å². The molecule has 39 heavy (non-hydrogen) atoms. The van der Waals surface area contributed by atoms with E-state index in [1.54, 1.807) is 27.7 Å². The molecular formula is C25H31FN6O6S. The molecule has 5 rings (SSSR count). The van der Waals surface area contributed by atoms with Gasteiger partial charge < -0.3 is 23.8 Å². The molecule has 0 radical (unpaired) electrons. The smallest absolute Gasteiger partial charge is 0.225 e. The average molecular weight is 563 g/mol. The number of sulfone groups is 1. The summed E-state index contributed by atoms with van der Waals surface area (Å²) in [5.74, 6) is 0.922. The van der Waals surface area contributed by atoms with E-state index in [1.165, 1.54) is 21.3 Å². The van der Waals surface area contributed by atoms with E-state index in [9.17, 15) is 12.8 Å². The number of nitrogens with zero attached hydrogens (tertiary/aromatic N) is 6. The molecule has 1 aromatic carbocycles. The highest BCUT2D eigenvalue weighted by molar-refractivity contribution is 7.91. The normalized spacial score (nSPS) is 21.7. The van der Waals surface area contributed by atoms with Crippen LogP contribution in [-0.2, 0) is 25.1 Å². The predicted octanol–water partition coefficient (Wildman–Crippen LogP) is 2.27. The van der Waals surface area contributed by atoms with Crippen LogP contribution in [0.1, 0.15) is 37.0 Å². The van der Waals surface area contributed by atoms with E-state index in [0.717, 1.165) is 25.2 Å². The van der Waals surface area contributed by atoms with Crippen LogP contribution in [0.15, 0.2) is 30.6 Å². The Morgan fingerprint density at radius 3 is 2.41 bits per heavy atom. The first-order chi connectivity index (χ1) is 18.8. The van der Waals surface area contributed by atoms with Crippen molar-refractivity contribution in [2.45, 2.75) is 42.5 Å². The first-order valence-electron chi connectivity index (χ1n) is 12.6. The third kappa shape index (κ3) is 5.54. The SMILES string of the molecule is COc1cccc(OC)c1-n1c(CS(=O)(=O)[C@H]2C[C@@H](OC)CN(c3ncc(F)cn3)C2)nnc1[C@@H]1CCCO1. The molecule has 12 nitrogen and oxygen atoms in total. The Hall–Kier alpha value is -3.36. The topological polar surface area (TPSA) is 131 Å². The van der Waals surface area contributed by atoms with Crippen LogP contribution >= 0.6 is 0 Å². The predicted molar refractivity (Wildman–Crippen MR) is 138 cm³/mol. The standard InChI is InChI=1S/C25H31FN6O6S/c1-35-17-10-18(14-31(13-17)25-27-11-16(26)12-28-25)39(33,34)15-22-29-30-24(21-8-5-9-38-21)32(22)23-19(36-2)6-4-7-20(23)37-3/h4,6-7,11-12,17-18,21H,5,8-10,13-15H2,1-3H3/t17-,18+,21+/m1/s1. The molecule has 2 aromatic heterocycles. The Morgan fingerprint density at radius 2 is 1.79 bits per heavy atom. The molecule has 0 N–H and O–H groups in total. The Kier molecular flexibility index (Phi) is 7.96. The number of rotatable bonds is 9. The van der Waals surface area contributed by atoms with Gasteiger partial charge in [0.15, 0.2) is 27.3 Å². The Labute approximate surface area is 226 Å². The molecule has 3 aromatic rings. The van der Waals surface area contributed by atoms with Gasteiger partial charge in [-0.3, -0.25) is 4.57 Å². The number of halogens is 1. The minimum absolute atomic E-state index is 0.124. The van der Waals surface area contributed by atoms with Crippen LogP contribution in [0.2, 0.25) is 0 Å². The molecule has 0 saturated carbocycles. The largest absolute Gasteiger partial charge is 0.494 e. The minimum Gasteiger partial charge on any atom is -0.494 e. The van der Waals surface area contributed by atoms with Crippen molar-refractivity contribution < 1.29 is 31.8 Å². The van der Waals surface area contributed by atoms with Gasteiger partial charge >= 0.3 is 0 Å². The van der Waals surface area contributed by atoms with E-state index in [1.807, 2.05) is 0 Å². The quantitative estimate of drug-likeness (QED) is 0.381. The number of hydrogen-bond acceptors (Lipinski definition) is 11. The highest BCUT2D eigenvalue weighted by atomic mass is 32.2. The molecule has 0 unspecified atom stereocenters. The van der Waals surface area contributed by atoms with E-state index >= 15 is 0 Å². The summed E-state index contributed by atoms with van der Waals surface area (Å²) in [4.78, 5) is 9.76. The summed E-state index contributed by atoms with van der Waals surface area (Å²) in [6.07, 6.45) is 3.24. The fourth-order valence-corrected chi connectivity index (χ4v) is 6.78. The minimum atomic E-state index is -3.81. The summed E-state index contributed by atoms with van der Waals surface area (Å²) in [5.41, 5.74) is 0.503. The lowest BCUT2D eigenvalue weighted by Crippen LogP contribution is -2.50. The summed E-state index contributed by atoms with van der Waals surface area (Å²) in [7, 11) is 0.787. The molecule has 2 saturated heterocycles. The third-order valence-electron chi connectivity index (χ3n) is 7.03. The van der Waals surface area contributed by atoms with Crippen LogP contribution < -0.4 is 14.4 Å². The van der Waals surface area contributed by atoms with Crippen LogP contribution in [-0.4, -0.2) is 85.5 Å². The highest BCUT2D eigenvalue weighted by Crippen LogP contribution is 2.38. The van der Waals surface area contributed by atoms with E-state index < -0.39 is 26.7 Å². The van der Waals surface area contributed by atoms with Gasteiger partial charge in [-0.15, -0.1) is 10.2 Å². The zero-order valence-electron chi connectivity index (χ0n) is 22.0. The van der Waals surface area contributed by atoms with Crippen molar-refractivity contribution in [3.63, 3.8) is 0 Å². The van der Waals surface area contributed by atoms with Crippen molar-refractivity contribution in [3.8, 4) is 17.2 Å². The third-order valence-corrected chi connectivity index (χ3v) is 9.05. The van der Waals surface area contributed by atoms with Crippen LogP contribution in [0.3, 0.4) is 0 Å². The molecule has 0 aliphatic carbocycles. The van der Waals surface area contributed by atoms with Gasteiger partial charge in [-0.2, -0.15) is 0 Å². The number of ether oxygens (including phenoxy) is 4. The first-order valence-corrected chi connectivity index (χ1v) is 14.3. The molecule has 0 bridgehead atoms. The molecule has 210 valence electrons. The van der Waals surface area contributed by atoms with E-state index in [0.29, 0.717) is 36.2 Å². The lowest BCUT2D eigenvalue weighted by atomic mass is 10.1. The molecule has 0 amide bonds. The number of methoxy groups -OCH3 is 3. The number of aromatic nitrogens is 5. The van der Waals surface area contributed by atoms with Crippen molar-refractivity contribution in [1.29, 1.82) is 0 Å². The molecule has 2 aliphatic heterocycles. The summed E-state index contributed by atoms with van der Waals surface area (Å²) in [6, 6.07) is 5.31. The van der Waals surface area contributed by atoms with Gasteiger partial charge in [0.25, 0.3) is 0 Å². The number of piperidine rings is 1. The van der Waals surface area contributed by atoms with E-state index in [4.69, 9.17) is 18.9 Å². The second kappa shape index (κ2) is 11.4. The zero-order chi connectivity index (χ0) is 27.6. The molecule has 0 spiro atoms. The summed E-state index contributed by atoms with van der Waals surface area (Å²) < 4.78 is 65.6. The monoisotopic (exact) mass is 562 g/mol. The lowest BCUT2D eigenvalue weighted by Gasteiger charge is -2.36. The number of benzene rings is 1. The van der Waals surface area contributed by atoms with Crippen LogP contribution in [0.25, 0.3) is 5.69 Å². The first kappa shape index (κ1) is 27.2. The van der Waals surface area contributed by atoms with Gasteiger partial charge in [0.05, 0.1) is 38.0 Å². The summed E-state index contributed by atoms with van der Waals surface area (Å²) >= 11 is 0. The number of anilines is 1. The highest BCUT2D eigenvalue weighted by Gasteiger charge is 2.39. The van der Waals surface area contributed by atoms with Crippen molar-refractivity contribution in [2.24, 2.45) is 0 Å².